The van der Waals surface area contributed by atoms with E-state index in [1.54, 1.807) is 12.4 Å². The zero-order chi connectivity index (χ0) is 19.4. The number of carbonyl (C=O) groups excluding carboxylic acids is 1. The van der Waals surface area contributed by atoms with Gasteiger partial charge in [-0.25, -0.2) is 0 Å². The first-order valence-corrected chi connectivity index (χ1v) is 9.82. The second kappa shape index (κ2) is 8.35. The Labute approximate surface area is 163 Å². The predicted octanol–water partition coefficient (Wildman–Crippen LogP) is 4.02. The molecule has 0 aliphatic rings. The highest BCUT2D eigenvalue weighted by atomic mass is 32.2. The Hall–Kier alpha value is -2.67. The van der Waals surface area contributed by atoms with E-state index in [2.05, 4.69) is 39.6 Å². The van der Waals surface area contributed by atoms with Gasteiger partial charge in [0.1, 0.15) is 0 Å². The van der Waals surface area contributed by atoms with Crippen molar-refractivity contribution in [1.82, 2.24) is 19.7 Å². The van der Waals surface area contributed by atoms with E-state index in [-0.39, 0.29) is 11.7 Å². The number of aryl methyl sites for hydroxylation is 3. The quantitative estimate of drug-likeness (QED) is 0.653. The lowest BCUT2D eigenvalue weighted by molar-refractivity contribution is -0.113. The van der Waals surface area contributed by atoms with Crippen molar-refractivity contribution in [2.45, 2.75) is 39.4 Å². The maximum atomic E-state index is 12.5. The number of rotatable bonds is 6. The lowest BCUT2D eigenvalue weighted by atomic mass is 10.1. The lowest BCUT2D eigenvalue weighted by Gasteiger charge is -2.13. The summed E-state index contributed by atoms with van der Waals surface area (Å²) in [5.41, 5.74) is 5.13. The van der Waals surface area contributed by atoms with E-state index in [9.17, 15) is 4.79 Å². The minimum absolute atomic E-state index is 0.0522. The van der Waals surface area contributed by atoms with E-state index in [1.807, 2.05) is 37.5 Å². The van der Waals surface area contributed by atoms with Gasteiger partial charge in [-0.15, -0.1) is 10.2 Å². The molecule has 0 aliphatic carbocycles. The Balaban J connectivity index is 1.70. The number of hydrogen-bond acceptors (Lipinski definition) is 5. The number of benzene rings is 1. The highest BCUT2D eigenvalue weighted by Crippen LogP contribution is 2.25. The molecule has 2 heterocycles. The van der Waals surface area contributed by atoms with Crippen LogP contribution in [0.15, 0.2) is 41.8 Å². The maximum Gasteiger partial charge on any atom is 0.234 e. The molecule has 7 heteroatoms. The second-order valence-electron chi connectivity index (χ2n) is 6.40. The van der Waals surface area contributed by atoms with Crippen LogP contribution >= 0.6 is 11.8 Å². The molecule has 1 amide bonds. The minimum Gasteiger partial charge on any atom is -0.325 e. The van der Waals surface area contributed by atoms with Crippen molar-refractivity contribution < 1.29 is 4.79 Å². The summed E-state index contributed by atoms with van der Waals surface area (Å²) in [5, 5.41) is 12.3. The second-order valence-corrected chi connectivity index (χ2v) is 7.35. The van der Waals surface area contributed by atoms with Gasteiger partial charge in [-0.1, -0.05) is 29.5 Å². The predicted molar refractivity (Wildman–Crippen MR) is 109 cm³/mol. The molecule has 0 fully saturated rings. The Bertz CT molecular complexity index is 929. The molecule has 3 rings (SSSR count). The summed E-state index contributed by atoms with van der Waals surface area (Å²) >= 11 is 1.39. The SMILES string of the molecule is CCn1c(SCC(=O)Nc2c(C)cc(C)cc2C)nnc1-c1cccnc1. The molecule has 1 aromatic carbocycles. The average Bonchev–Trinajstić information content (AvgIpc) is 3.06. The van der Waals surface area contributed by atoms with Crippen molar-refractivity contribution in [3.8, 4) is 11.4 Å². The first kappa shape index (κ1) is 19.1. The normalized spacial score (nSPS) is 10.8. The van der Waals surface area contributed by atoms with Crippen molar-refractivity contribution in [3.63, 3.8) is 0 Å². The molecule has 0 aliphatic heterocycles. The van der Waals surface area contributed by atoms with E-state index in [0.29, 0.717) is 0 Å². The molecule has 2 aromatic heterocycles. The lowest BCUT2D eigenvalue weighted by Crippen LogP contribution is -2.16. The number of anilines is 1. The molecule has 0 bridgehead atoms. The number of aromatic nitrogens is 4. The smallest absolute Gasteiger partial charge is 0.234 e. The Morgan fingerprint density at radius 3 is 2.56 bits per heavy atom. The van der Waals surface area contributed by atoms with E-state index >= 15 is 0 Å². The van der Waals surface area contributed by atoms with Gasteiger partial charge in [-0.2, -0.15) is 0 Å². The summed E-state index contributed by atoms with van der Waals surface area (Å²) in [6.07, 6.45) is 3.49. The summed E-state index contributed by atoms with van der Waals surface area (Å²) in [6.45, 7) is 8.83. The van der Waals surface area contributed by atoms with Gasteiger partial charge >= 0.3 is 0 Å². The molecule has 0 saturated carbocycles. The number of nitrogens with zero attached hydrogens (tertiary/aromatic N) is 4. The van der Waals surface area contributed by atoms with Crippen molar-refractivity contribution in [2.24, 2.45) is 0 Å². The summed E-state index contributed by atoms with van der Waals surface area (Å²) < 4.78 is 2.00. The maximum absolute atomic E-state index is 12.5. The van der Waals surface area contributed by atoms with Crippen molar-refractivity contribution in [1.29, 1.82) is 0 Å². The molecule has 27 heavy (non-hydrogen) atoms. The van der Waals surface area contributed by atoms with Gasteiger partial charge in [0.15, 0.2) is 11.0 Å². The number of nitrogens with one attached hydrogen (secondary N) is 1. The van der Waals surface area contributed by atoms with Crippen LogP contribution in [0, 0.1) is 20.8 Å². The fourth-order valence-electron chi connectivity index (χ4n) is 3.07. The molecule has 3 aromatic rings. The van der Waals surface area contributed by atoms with Crippen molar-refractivity contribution in [3.05, 3.63) is 53.3 Å². The number of hydrogen-bond donors (Lipinski definition) is 1. The van der Waals surface area contributed by atoms with E-state index < -0.39 is 0 Å². The minimum atomic E-state index is -0.0522. The van der Waals surface area contributed by atoms with Crippen molar-refractivity contribution in [2.75, 3.05) is 11.1 Å². The molecular formula is C20H23N5OS. The molecule has 0 radical (unpaired) electrons. The fraction of sp³-hybridized carbons (Fsp3) is 0.300. The fourth-order valence-corrected chi connectivity index (χ4v) is 3.87. The van der Waals surface area contributed by atoms with Gasteiger partial charge in [0.2, 0.25) is 5.91 Å². The molecule has 6 nitrogen and oxygen atoms in total. The van der Waals surface area contributed by atoms with Crippen LogP contribution in [0.3, 0.4) is 0 Å². The summed E-state index contributed by atoms with van der Waals surface area (Å²) in [7, 11) is 0. The molecule has 0 spiro atoms. The Morgan fingerprint density at radius 1 is 1.19 bits per heavy atom. The molecule has 0 saturated heterocycles. The van der Waals surface area contributed by atoms with Gasteiger partial charge in [-0.05, 0) is 51.0 Å². The third-order valence-corrected chi connectivity index (χ3v) is 5.19. The number of pyridine rings is 1. The largest absolute Gasteiger partial charge is 0.325 e. The molecule has 0 atom stereocenters. The highest BCUT2D eigenvalue weighted by molar-refractivity contribution is 7.99. The van der Waals surface area contributed by atoms with Gasteiger partial charge in [0.05, 0.1) is 5.75 Å². The molecule has 140 valence electrons. The topological polar surface area (TPSA) is 72.7 Å². The summed E-state index contributed by atoms with van der Waals surface area (Å²) in [4.78, 5) is 16.6. The van der Waals surface area contributed by atoms with Crippen LogP contribution in [0.2, 0.25) is 0 Å². The van der Waals surface area contributed by atoms with Crippen LogP contribution in [-0.2, 0) is 11.3 Å². The van der Waals surface area contributed by atoms with Gasteiger partial charge in [0, 0.05) is 30.2 Å². The summed E-state index contributed by atoms with van der Waals surface area (Å²) in [6, 6.07) is 7.97. The first-order chi connectivity index (χ1) is 13.0. The van der Waals surface area contributed by atoms with Crippen LogP contribution in [-0.4, -0.2) is 31.4 Å². The van der Waals surface area contributed by atoms with Crippen LogP contribution in [0.4, 0.5) is 5.69 Å². The molecule has 0 unspecified atom stereocenters. The molecular weight excluding hydrogens is 358 g/mol. The van der Waals surface area contributed by atoms with Gasteiger partial charge in [-0.3, -0.25) is 9.78 Å². The van der Waals surface area contributed by atoms with E-state index in [4.69, 9.17) is 0 Å². The molecule has 1 N–H and O–H groups in total. The average molecular weight is 382 g/mol. The number of thioether (sulfide) groups is 1. The third kappa shape index (κ3) is 4.36. The zero-order valence-corrected chi connectivity index (χ0v) is 16.8. The Kier molecular flexibility index (Phi) is 5.91. The standard InChI is InChI=1S/C20H23N5OS/c1-5-25-19(16-7-6-8-21-11-16)23-24-20(25)27-12-17(26)22-18-14(3)9-13(2)10-15(18)4/h6-11H,5,12H2,1-4H3,(H,22,26). The van der Waals surface area contributed by atoms with Crippen LogP contribution in [0.1, 0.15) is 23.6 Å². The van der Waals surface area contributed by atoms with Crippen molar-refractivity contribution >= 4 is 23.4 Å². The highest BCUT2D eigenvalue weighted by Gasteiger charge is 2.15. The van der Waals surface area contributed by atoms with Crippen LogP contribution in [0.25, 0.3) is 11.4 Å². The Morgan fingerprint density at radius 2 is 1.93 bits per heavy atom. The zero-order valence-electron chi connectivity index (χ0n) is 16.0. The monoisotopic (exact) mass is 381 g/mol. The van der Waals surface area contributed by atoms with E-state index in [0.717, 1.165) is 39.9 Å². The van der Waals surface area contributed by atoms with Gasteiger partial charge in [0.25, 0.3) is 0 Å². The number of carbonyl (C=O) groups is 1. The summed E-state index contributed by atoms with van der Waals surface area (Å²) in [5.74, 6) is 0.986. The van der Waals surface area contributed by atoms with Crippen LogP contribution in [0.5, 0.6) is 0 Å². The third-order valence-electron chi connectivity index (χ3n) is 4.23. The van der Waals surface area contributed by atoms with E-state index in [1.165, 1.54) is 17.3 Å². The van der Waals surface area contributed by atoms with Crippen LogP contribution < -0.4 is 5.32 Å². The number of amides is 1. The van der Waals surface area contributed by atoms with Gasteiger partial charge < -0.3 is 9.88 Å². The first-order valence-electron chi connectivity index (χ1n) is 8.83.